The molecule has 3 nitrogen and oxygen atoms in total. The van der Waals surface area contributed by atoms with Crippen LogP contribution < -0.4 is 5.32 Å². The molecule has 2 aliphatic rings. The lowest BCUT2D eigenvalue weighted by atomic mass is 9.62. The van der Waals surface area contributed by atoms with Crippen molar-refractivity contribution in [1.29, 1.82) is 0 Å². The van der Waals surface area contributed by atoms with Gasteiger partial charge >= 0.3 is 0 Å². The van der Waals surface area contributed by atoms with Gasteiger partial charge in [0.25, 0.3) is 0 Å². The molecule has 2 heterocycles. The molecule has 29 heavy (non-hydrogen) atoms. The van der Waals surface area contributed by atoms with E-state index in [4.69, 9.17) is 23.2 Å². The molecule has 0 aliphatic carbocycles. The molecule has 1 N–H and O–H groups in total. The third kappa shape index (κ3) is 4.60. The summed E-state index contributed by atoms with van der Waals surface area (Å²) in [6.45, 7) is 3.41. The van der Waals surface area contributed by atoms with Gasteiger partial charge in [-0.25, -0.2) is 4.39 Å². The van der Waals surface area contributed by atoms with Crippen molar-refractivity contribution >= 4 is 29.1 Å². The number of benzene rings is 2. The Morgan fingerprint density at radius 3 is 2.38 bits per heavy atom. The number of halogens is 3. The van der Waals surface area contributed by atoms with E-state index < -0.39 is 0 Å². The van der Waals surface area contributed by atoms with Gasteiger partial charge in [0.15, 0.2) is 0 Å². The average molecular weight is 435 g/mol. The third-order valence-corrected chi connectivity index (χ3v) is 6.99. The largest absolute Gasteiger partial charge is 0.342 e. The summed E-state index contributed by atoms with van der Waals surface area (Å²) in [6, 6.07) is 12.2. The molecule has 1 atom stereocenters. The predicted octanol–water partition coefficient (Wildman–Crippen LogP) is 5.06. The molecule has 1 spiro atoms. The summed E-state index contributed by atoms with van der Waals surface area (Å²) in [6.07, 6.45) is 3.34. The summed E-state index contributed by atoms with van der Waals surface area (Å²) in [4.78, 5) is 14.8. The van der Waals surface area contributed by atoms with Gasteiger partial charge in [-0.2, -0.15) is 0 Å². The van der Waals surface area contributed by atoms with Crippen LogP contribution in [0.3, 0.4) is 0 Å². The van der Waals surface area contributed by atoms with Crippen LogP contribution in [0.1, 0.15) is 36.3 Å². The number of piperidine rings is 2. The SMILES string of the molecule is O=C(Cc1cc(Cl)cc(Cl)c1)N1CCC2(CCNC[C@H]2c2ccc(F)cc2)CC1. The minimum Gasteiger partial charge on any atom is -0.342 e. The molecule has 154 valence electrons. The standard InChI is InChI=1S/C23H25Cl2FN2O/c24-18-11-16(12-19(25)14-18)13-22(29)28-9-6-23(7-10-28)5-8-27-15-21(23)17-1-3-20(26)4-2-17/h1-4,11-12,14,21,27H,5-10,13,15H2/t21-/m0/s1. The van der Waals surface area contributed by atoms with Crippen LogP contribution in [0, 0.1) is 11.2 Å². The smallest absolute Gasteiger partial charge is 0.226 e. The maximum Gasteiger partial charge on any atom is 0.226 e. The molecule has 1 amide bonds. The Balaban J connectivity index is 1.44. The Morgan fingerprint density at radius 1 is 1.07 bits per heavy atom. The van der Waals surface area contributed by atoms with E-state index in [2.05, 4.69) is 5.32 Å². The minimum absolute atomic E-state index is 0.116. The highest BCUT2D eigenvalue weighted by molar-refractivity contribution is 6.34. The monoisotopic (exact) mass is 434 g/mol. The van der Waals surface area contributed by atoms with Crippen LogP contribution in [0.5, 0.6) is 0 Å². The van der Waals surface area contributed by atoms with Crippen LogP contribution in [0.4, 0.5) is 4.39 Å². The molecule has 2 saturated heterocycles. The van der Waals surface area contributed by atoms with E-state index in [1.807, 2.05) is 17.0 Å². The van der Waals surface area contributed by atoms with Crippen molar-refractivity contribution in [3.63, 3.8) is 0 Å². The zero-order chi connectivity index (χ0) is 20.4. The Bertz CT molecular complexity index is 859. The number of carbonyl (C=O) groups excluding carboxylic acids is 1. The van der Waals surface area contributed by atoms with Crippen LogP contribution in [-0.4, -0.2) is 37.0 Å². The summed E-state index contributed by atoms with van der Waals surface area (Å²) in [5.41, 5.74) is 2.20. The summed E-state index contributed by atoms with van der Waals surface area (Å²) < 4.78 is 13.4. The highest BCUT2D eigenvalue weighted by Gasteiger charge is 2.44. The number of nitrogens with zero attached hydrogens (tertiary/aromatic N) is 1. The number of hydrogen-bond donors (Lipinski definition) is 1. The van der Waals surface area contributed by atoms with Gasteiger partial charge in [0.1, 0.15) is 5.82 Å². The van der Waals surface area contributed by atoms with Crippen LogP contribution in [0.25, 0.3) is 0 Å². The highest BCUT2D eigenvalue weighted by Crippen LogP contribution is 2.48. The first-order chi connectivity index (χ1) is 13.9. The van der Waals surface area contributed by atoms with Crippen molar-refractivity contribution in [3.05, 3.63) is 69.5 Å². The molecule has 6 heteroatoms. The second kappa shape index (κ2) is 8.63. The topological polar surface area (TPSA) is 32.3 Å². The van der Waals surface area contributed by atoms with Gasteiger partial charge in [0.05, 0.1) is 6.42 Å². The number of hydrogen-bond acceptors (Lipinski definition) is 2. The van der Waals surface area contributed by atoms with Crippen molar-refractivity contribution in [3.8, 4) is 0 Å². The maximum absolute atomic E-state index is 13.4. The summed E-state index contributed by atoms with van der Waals surface area (Å²) in [7, 11) is 0. The number of nitrogens with one attached hydrogen (secondary N) is 1. The van der Waals surface area contributed by atoms with E-state index in [0.717, 1.165) is 51.0 Å². The van der Waals surface area contributed by atoms with Gasteiger partial charge in [0, 0.05) is 35.6 Å². The van der Waals surface area contributed by atoms with E-state index in [-0.39, 0.29) is 17.1 Å². The molecule has 0 aromatic heterocycles. The van der Waals surface area contributed by atoms with Gasteiger partial charge in [0.2, 0.25) is 5.91 Å². The minimum atomic E-state index is -0.201. The van der Waals surface area contributed by atoms with Crippen molar-refractivity contribution in [2.45, 2.75) is 31.6 Å². The van der Waals surface area contributed by atoms with E-state index >= 15 is 0 Å². The molecule has 2 aromatic carbocycles. The first-order valence-corrected chi connectivity index (χ1v) is 10.9. The highest BCUT2D eigenvalue weighted by atomic mass is 35.5. The zero-order valence-electron chi connectivity index (χ0n) is 16.3. The van der Waals surface area contributed by atoms with Gasteiger partial charge < -0.3 is 10.2 Å². The maximum atomic E-state index is 13.4. The number of rotatable bonds is 3. The molecule has 0 saturated carbocycles. The van der Waals surface area contributed by atoms with Gasteiger partial charge in [-0.1, -0.05) is 35.3 Å². The summed E-state index contributed by atoms with van der Waals surface area (Å²) in [5, 5.41) is 4.60. The van der Waals surface area contributed by atoms with Gasteiger partial charge in [-0.05, 0) is 72.7 Å². The zero-order valence-corrected chi connectivity index (χ0v) is 17.8. The number of carbonyl (C=O) groups is 1. The normalized spacial score (nSPS) is 21.3. The average Bonchev–Trinajstić information content (AvgIpc) is 2.69. The first-order valence-electron chi connectivity index (χ1n) is 10.1. The van der Waals surface area contributed by atoms with Crippen molar-refractivity contribution < 1.29 is 9.18 Å². The van der Waals surface area contributed by atoms with Crippen LogP contribution in [0.2, 0.25) is 10.0 Å². The molecule has 4 rings (SSSR count). The third-order valence-electron chi connectivity index (χ3n) is 6.55. The fourth-order valence-electron chi connectivity index (χ4n) is 4.94. The Labute approximate surface area is 181 Å². The number of amides is 1. The summed E-state index contributed by atoms with van der Waals surface area (Å²) in [5.74, 6) is 0.263. The Kier molecular flexibility index (Phi) is 6.14. The lowest BCUT2D eigenvalue weighted by Gasteiger charge is -2.49. The van der Waals surface area contributed by atoms with E-state index in [1.165, 1.54) is 5.56 Å². The lowest BCUT2D eigenvalue weighted by molar-refractivity contribution is -0.133. The Morgan fingerprint density at radius 2 is 1.72 bits per heavy atom. The molecular formula is C23H25Cl2FN2O. The van der Waals surface area contributed by atoms with E-state index in [1.54, 1.807) is 30.3 Å². The molecule has 2 aromatic rings. The van der Waals surface area contributed by atoms with Crippen LogP contribution in [0.15, 0.2) is 42.5 Å². The molecule has 0 bridgehead atoms. The van der Waals surface area contributed by atoms with E-state index in [9.17, 15) is 9.18 Å². The van der Waals surface area contributed by atoms with Crippen LogP contribution in [-0.2, 0) is 11.2 Å². The fraction of sp³-hybridized carbons (Fsp3) is 0.435. The van der Waals surface area contributed by atoms with Gasteiger partial charge in [-0.3, -0.25) is 4.79 Å². The lowest BCUT2D eigenvalue weighted by Crippen LogP contribution is -2.51. The second-order valence-corrected chi connectivity index (χ2v) is 9.13. The molecule has 0 radical (unpaired) electrons. The van der Waals surface area contributed by atoms with Gasteiger partial charge in [-0.15, -0.1) is 0 Å². The van der Waals surface area contributed by atoms with Crippen molar-refractivity contribution in [2.75, 3.05) is 26.2 Å². The second-order valence-electron chi connectivity index (χ2n) is 8.26. The number of likely N-dealkylation sites (tertiary alicyclic amines) is 1. The first kappa shape index (κ1) is 20.6. The van der Waals surface area contributed by atoms with Crippen LogP contribution >= 0.6 is 23.2 Å². The fourth-order valence-corrected chi connectivity index (χ4v) is 5.51. The van der Waals surface area contributed by atoms with Crippen molar-refractivity contribution in [2.24, 2.45) is 5.41 Å². The summed E-state index contributed by atoms with van der Waals surface area (Å²) >= 11 is 12.1. The van der Waals surface area contributed by atoms with E-state index in [0.29, 0.717) is 22.4 Å². The molecule has 0 unspecified atom stereocenters. The molecule has 2 fully saturated rings. The molecule has 2 aliphatic heterocycles. The molecular weight excluding hydrogens is 410 g/mol. The van der Waals surface area contributed by atoms with Crippen molar-refractivity contribution in [1.82, 2.24) is 10.2 Å². The Hall–Kier alpha value is -1.62. The quantitative estimate of drug-likeness (QED) is 0.731. The predicted molar refractivity (Wildman–Crippen MR) is 115 cm³/mol.